The minimum Gasteiger partial charge on any atom is -0.453 e. The van der Waals surface area contributed by atoms with Crippen LogP contribution in [-0.2, 0) is 20.7 Å². The molecule has 3 amide bonds. The number of esters is 1. The quantitative estimate of drug-likeness (QED) is 0.450. The van der Waals surface area contributed by atoms with Crippen molar-refractivity contribution in [3.05, 3.63) is 35.4 Å². The molecule has 3 rings (SSSR count). The van der Waals surface area contributed by atoms with Gasteiger partial charge in [0.05, 0.1) is 0 Å². The maximum absolute atomic E-state index is 12.9. The lowest BCUT2D eigenvalue weighted by molar-refractivity contribution is -0.150. The fourth-order valence-corrected chi connectivity index (χ4v) is 4.20. The summed E-state index contributed by atoms with van der Waals surface area (Å²) in [5, 5.41) is 2.80. The lowest BCUT2D eigenvalue weighted by atomic mass is 9.73. The average molecular weight is 400 g/mol. The van der Waals surface area contributed by atoms with E-state index in [2.05, 4.69) is 5.32 Å². The highest BCUT2D eigenvalue weighted by Crippen LogP contribution is 2.38. The summed E-state index contributed by atoms with van der Waals surface area (Å²) in [6, 6.07) is 6.56. The molecule has 2 aliphatic rings. The lowest BCUT2D eigenvalue weighted by Crippen LogP contribution is -2.54. The van der Waals surface area contributed by atoms with E-state index in [9.17, 15) is 19.2 Å². The first kappa shape index (κ1) is 21.0. The SMILES string of the molecule is CCc1ccc(C(=O)[C@@H](C)OC(=O)CN2C(=O)N[C@]3(CCCC[C@@H]3C)C2=O)cc1. The summed E-state index contributed by atoms with van der Waals surface area (Å²) < 4.78 is 5.22. The number of nitrogens with zero attached hydrogens (tertiary/aromatic N) is 1. The number of benzene rings is 1. The topological polar surface area (TPSA) is 92.8 Å². The Kier molecular flexibility index (Phi) is 6.05. The van der Waals surface area contributed by atoms with Crippen molar-refractivity contribution in [2.75, 3.05) is 6.54 Å². The summed E-state index contributed by atoms with van der Waals surface area (Å²) in [6.07, 6.45) is 3.17. The number of carbonyl (C=O) groups excluding carboxylic acids is 4. The summed E-state index contributed by atoms with van der Waals surface area (Å²) in [5.41, 5.74) is 0.640. The Morgan fingerprint density at radius 2 is 1.93 bits per heavy atom. The second-order valence-corrected chi connectivity index (χ2v) is 7.99. The number of imide groups is 1. The third kappa shape index (κ3) is 4.04. The lowest BCUT2D eigenvalue weighted by Gasteiger charge is -2.36. The van der Waals surface area contributed by atoms with E-state index in [0.717, 1.165) is 36.1 Å². The number of hydrogen-bond donors (Lipinski definition) is 1. The largest absolute Gasteiger partial charge is 0.453 e. The zero-order valence-corrected chi connectivity index (χ0v) is 17.2. The summed E-state index contributed by atoms with van der Waals surface area (Å²) in [4.78, 5) is 51.0. The van der Waals surface area contributed by atoms with Crippen LogP contribution in [0.1, 0.15) is 62.4 Å². The molecule has 1 aliphatic carbocycles. The molecule has 1 aliphatic heterocycles. The predicted molar refractivity (Wildman–Crippen MR) is 106 cm³/mol. The first-order valence-electron chi connectivity index (χ1n) is 10.2. The maximum Gasteiger partial charge on any atom is 0.326 e. The van der Waals surface area contributed by atoms with E-state index < -0.39 is 30.2 Å². The Bertz CT molecular complexity index is 819. The number of hydrogen-bond acceptors (Lipinski definition) is 5. The molecule has 0 bridgehead atoms. The Hall–Kier alpha value is -2.70. The molecule has 1 saturated heterocycles. The summed E-state index contributed by atoms with van der Waals surface area (Å²) in [7, 11) is 0. The van der Waals surface area contributed by atoms with Crippen LogP contribution in [-0.4, -0.2) is 46.8 Å². The predicted octanol–water partition coefficient (Wildman–Crippen LogP) is 2.86. The molecule has 0 radical (unpaired) electrons. The number of urea groups is 1. The molecule has 7 heteroatoms. The molecule has 2 fully saturated rings. The number of amides is 3. The van der Waals surface area contributed by atoms with Gasteiger partial charge in [-0.3, -0.25) is 19.3 Å². The molecule has 1 N–H and O–H groups in total. The minimum absolute atomic E-state index is 0.0142. The van der Waals surface area contributed by atoms with Gasteiger partial charge in [0.15, 0.2) is 6.10 Å². The molecule has 1 heterocycles. The molecule has 1 aromatic carbocycles. The van der Waals surface area contributed by atoms with Crippen molar-refractivity contribution in [3.63, 3.8) is 0 Å². The Labute approximate surface area is 170 Å². The number of nitrogens with one attached hydrogen (secondary N) is 1. The van der Waals surface area contributed by atoms with Gasteiger partial charge in [0, 0.05) is 5.56 Å². The second-order valence-electron chi connectivity index (χ2n) is 7.99. The van der Waals surface area contributed by atoms with Crippen LogP contribution in [0.15, 0.2) is 24.3 Å². The van der Waals surface area contributed by atoms with Crippen LogP contribution in [0.4, 0.5) is 4.79 Å². The van der Waals surface area contributed by atoms with Crippen LogP contribution in [0.25, 0.3) is 0 Å². The number of Topliss-reactive ketones (excluding diaryl/α,β-unsaturated/α-hetero) is 1. The number of ether oxygens (including phenoxy) is 1. The number of aryl methyl sites for hydroxylation is 1. The van der Waals surface area contributed by atoms with Crippen molar-refractivity contribution in [1.29, 1.82) is 0 Å². The van der Waals surface area contributed by atoms with Crippen molar-refractivity contribution in [2.45, 2.75) is 64.5 Å². The average Bonchev–Trinajstić information content (AvgIpc) is 2.94. The zero-order chi connectivity index (χ0) is 21.2. The number of ketones is 1. The molecule has 7 nitrogen and oxygen atoms in total. The van der Waals surface area contributed by atoms with Crippen molar-refractivity contribution in [2.24, 2.45) is 5.92 Å². The monoisotopic (exact) mass is 400 g/mol. The summed E-state index contributed by atoms with van der Waals surface area (Å²) in [5.74, 6) is -1.46. The van der Waals surface area contributed by atoms with Gasteiger partial charge in [0.25, 0.3) is 5.91 Å². The van der Waals surface area contributed by atoms with Gasteiger partial charge in [-0.2, -0.15) is 0 Å². The van der Waals surface area contributed by atoms with E-state index in [1.807, 2.05) is 26.0 Å². The van der Waals surface area contributed by atoms with Crippen LogP contribution in [0.5, 0.6) is 0 Å². The van der Waals surface area contributed by atoms with Gasteiger partial charge in [0.2, 0.25) is 5.78 Å². The standard InChI is InChI=1S/C22H28N2O5/c1-4-16-8-10-17(11-9-16)19(26)15(3)29-18(25)13-24-20(27)22(23-21(24)28)12-6-5-7-14(22)2/h8-11,14-15H,4-7,12-13H2,1-3H3,(H,23,28)/t14-,15+,22-/m0/s1. The van der Waals surface area contributed by atoms with Crippen molar-refractivity contribution < 1.29 is 23.9 Å². The van der Waals surface area contributed by atoms with Gasteiger partial charge in [-0.25, -0.2) is 4.79 Å². The van der Waals surface area contributed by atoms with E-state index in [-0.39, 0.29) is 17.6 Å². The van der Waals surface area contributed by atoms with E-state index in [4.69, 9.17) is 4.74 Å². The molecule has 1 aromatic rings. The molecular formula is C22H28N2O5. The number of rotatable bonds is 6. The van der Waals surface area contributed by atoms with Crippen LogP contribution >= 0.6 is 0 Å². The summed E-state index contributed by atoms with van der Waals surface area (Å²) in [6.45, 7) is 4.97. The van der Waals surface area contributed by atoms with Crippen LogP contribution in [0.2, 0.25) is 0 Å². The second kappa shape index (κ2) is 8.35. The first-order chi connectivity index (χ1) is 13.8. The van der Waals surface area contributed by atoms with E-state index in [1.54, 1.807) is 12.1 Å². The third-order valence-electron chi connectivity index (χ3n) is 6.11. The smallest absolute Gasteiger partial charge is 0.326 e. The van der Waals surface area contributed by atoms with E-state index in [1.165, 1.54) is 6.92 Å². The highest BCUT2D eigenvalue weighted by molar-refractivity contribution is 6.09. The van der Waals surface area contributed by atoms with Crippen LogP contribution in [0.3, 0.4) is 0 Å². The van der Waals surface area contributed by atoms with Crippen LogP contribution < -0.4 is 5.32 Å². The number of carbonyl (C=O) groups is 4. The highest BCUT2D eigenvalue weighted by Gasteiger charge is 2.55. The zero-order valence-electron chi connectivity index (χ0n) is 17.2. The minimum atomic E-state index is -1.00. The van der Waals surface area contributed by atoms with Gasteiger partial charge in [0.1, 0.15) is 12.1 Å². The highest BCUT2D eigenvalue weighted by atomic mass is 16.5. The van der Waals surface area contributed by atoms with Gasteiger partial charge >= 0.3 is 12.0 Å². The maximum atomic E-state index is 12.9. The van der Waals surface area contributed by atoms with Crippen LogP contribution in [0, 0.1) is 5.92 Å². The fraction of sp³-hybridized carbons (Fsp3) is 0.545. The van der Waals surface area contributed by atoms with E-state index >= 15 is 0 Å². The van der Waals surface area contributed by atoms with Gasteiger partial charge in [-0.05, 0) is 37.7 Å². The van der Waals surface area contributed by atoms with Gasteiger partial charge in [-0.15, -0.1) is 0 Å². The van der Waals surface area contributed by atoms with Gasteiger partial charge in [-0.1, -0.05) is 51.0 Å². The molecule has 1 saturated carbocycles. The first-order valence-corrected chi connectivity index (χ1v) is 10.2. The molecule has 3 atom stereocenters. The Morgan fingerprint density at radius 1 is 1.24 bits per heavy atom. The fourth-order valence-electron chi connectivity index (χ4n) is 4.20. The van der Waals surface area contributed by atoms with E-state index in [0.29, 0.717) is 12.0 Å². The molecule has 0 aromatic heterocycles. The normalized spacial score (nSPS) is 25.1. The Morgan fingerprint density at radius 3 is 2.55 bits per heavy atom. The molecule has 29 heavy (non-hydrogen) atoms. The molecule has 1 spiro atoms. The molecule has 156 valence electrons. The summed E-state index contributed by atoms with van der Waals surface area (Å²) >= 11 is 0. The van der Waals surface area contributed by atoms with Gasteiger partial charge < -0.3 is 10.1 Å². The molecular weight excluding hydrogens is 372 g/mol. The van der Waals surface area contributed by atoms with Crippen molar-refractivity contribution in [1.82, 2.24) is 10.2 Å². The van der Waals surface area contributed by atoms with Crippen molar-refractivity contribution >= 4 is 23.7 Å². The van der Waals surface area contributed by atoms with Crippen molar-refractivity contribution in [3.8, 4) is 0 Å². The molecule has 0 unspecified atom stereocenters. The Balaban J connectivity index is 1.61. The third-order valence-corrected chi connectivity index (χ3v) is 6.11.